The lowest BCUT2D eigenvalue weighted by Crippen LogP contribution is -2.23. The molecule has 1 N–H and O–H groups in total. The highest BCUT2D eigenvalue weighted by atomic mass is 19.1. The molecule has 1 unspecified atom stereocenters. The molecule has 0 radical (unpaired) electrons. The van der Waals surface area contributed by atoms with E-state index in [-0.39, 0.29) is 30.1 Å². The number of rotatable bonds is 13. The summed E-state index contributed by atoms with van der Waals surface area (Å²) >= 11 is 0. The number of Topliss-reactive ketones (excluding diaryl/α,β-unsaturated/α-hetero) is 1. The van der Waals surface area contributed by atoms with E-state index in [0.717, 1.165) is 24.7 Å². The fourth-order valence-electron chi connectivity index (χ4n) is 2.43. The van der Waals surface area contributed by atoms with E-state index in [4.69, 9.17) is 4.74 Å². The second-order valence-electron chi connectivity index (χ2n) is 7.35. The lowest BCUT2D eigenvalue weighted by atomic mass is 10.0. The van der Waals surface area contributed by atoms with Crippen LogP contribution >= 0.6 is 0 Å². The predicted octanol–water partition coefficient (Wildman–Crippen LogP) is 0.821. The number of aliphatic hydroxyl groups excluding tert-OH is 1. The highest BCUT2D eigenvalue weighted by Gasteiger charge is 2.13. The molecule has 0 bridgehead atoms. The molecule has 1 aromatic carbocycles. The maximum atomic E-state index is 14.1. The molecular weight excluding hydrogens is 445 g/mol. The van der Waals surface area contributed by atoms with Crippen LogP contribution in [0, 0.1) is 5.82 Å². The van der Waals surface area contributed by atoms with Crippen molar-refractivity contribution >= 4 is 17.7 Å². The van der Waals surface area contributed by atoms with Crippen LogP contribution in [-0.2, 0) is 9.59 Å². The molecule has 0 saturated carbocycles. The van der Waals surface area contributed by atoms with E-state index in [1.165, 1.54) is 12.1 Å². The van der Waals surface area contributed by atoms with Crippen LogP contribution in [0.2, 0.25) is 0 Å². The summed E-state index contributed by atoms with van der Waals surface area (Å²) in [6.45, 7) is 9.13. The van der Waals surface area contributed by atoms with Gasteiger partial charge in [0.1, 0.15) is 6.61 Å². The normalized spacial score (nSPS) is 11.6. The third-order valence-electron chi connectivity index (χ3n) is 3.89. The lowest BCUT2D eigenvalue weighted by molar-refractivity contribution is -0.301. The lowest BCUT2D eigenvalue weighted by Gasteiger charge is -2.10. The number of ether oxygens (including phenoxy) is 1. The van der Waals surface area contributed by atoms with Crippen molar-refractivity contribution in [3.8, 4) is 5.75 Å². The van der Waals surface area contributed by atoms with Gasteiger partial charge < -0.3 is 29.6 Å². The van der Waals surface area contributed by atoms with Crippen molar-refractivity contribution < 1.29 is 38.8 Å². The standard InChI is InChI=1S/C21H28FNO3.C4H4O4/c1-5-10-23(4)11-6-7-12-26-21-9-8-17(14-19(21)22)20(25)15-18(24)13-16(2)3;5-3(6)1-2-4(7)8/h5-9,13-14,18,24H,1,10-12,15H2,2-4H3;1-2H,(H,5,6)(H,7,8)/p-2/b7-6+;2-1+. The first kappa shape index (κ1) is 30.4. The number of likely N-dealkylation sites (N-methyl/N-ethyl adjacent to an activating group) is 1. The molecule has 0 aliphatic heterocycles. The van der Waals surface area contributed by atoms with Gasteiger partial charge in [-0.1, -0.05) is 29.9 Å². The van der Waals surface area contributed by atoms with Gasteiger partial charge in [-0.25, -0.2) is 4.39 Å². The molecule has 0 amide bonds. The Labute approximate surface area is 199 Å². The number of allylic oxidation sites excluding steroid dienone is 1. The van der Waals surface area contributed by atoms with E-state index >= 15 is 0 Å². The number of carboxylic acids is 2. The van der Waals surface area contributed by atoms with Gasteiger partial charge in [0.2, 0.25) is 0 Å². The monoisotopic (exact) mass is 475 g/mol. The van der Waals surface area contributed by atoms with E-state index in [1.807, 2.05) is 39.1 Å². The number of hydrogen-bond donors (Lipinski definition) is 1. The van der Waals surface area contributed by atoms with Crippen LogP contribution in [-0.4, -0.2) is 60.6 Å². The zero-order valence-corrected chi connectivity index (χ0v) is 19.5. The third kappa shape index (κ3) is 15.3. The molecule has 34 heavy (non-hydrogen) atoms. The van der Waals surface area contributed by atoms with Crippen molar-refractivity contribution in [2.75, 3.05) is 26.7 Å². The molecule has 0 aliphatic rings. The number of halogens is 1. The van der Waals surface area contributed by atoms with Crippen LogP contribution in [0.3, 0.4) is 0 Å². The summed E-state index contributed by atoms with van der Waals surface area (Å²) in [6.07, 6.45) is 7.00. The Balaban J connectivity index is 0.00000116. The van der Waals surface area contributed by atoms with Crippen molar-refractivity contribution in [2.45, 2.75) is 26.4 Å². The van der Waals surface area contributed by atoms with Crippen LogP contribution in [0.25, 0.3) is 0 Å². The molecule has 0 spiro atoms. The molecule has 186 valence electrons. The van der Waals surface area contributed by atoms with Gasteiger partial charge in [0.05, 0.1) is 18.0 Å². The van der Waals surface area contributed by atoms with Gasteiger partial charge in [-0.3, -0.25) is 9.69 Å². The molecule has 0 heterocycles. The van der Waals surface area contributed by atoms with Crippen LogP contribution < -0.4 is 14.9 Å². The molecule has 0 aromatic heterocycles. The Hall–Kier alpha value is -3.56. The number of carboxylic acid groups (broad SMARTS) is 2. The Morgan fingerprint density at radius 3 is 2.26 bits per heavy atom. The first-order chi connectivity index (χ1) is 16.0. The first-order valence-electron chi connectivity index (χ1n) is 10.3. The SMILES string of the molecule is C=CCN(C)C/C=C/COc1ccc(C(=O)CC(O)C=C(C)C)cc1F.O=C([O-])/C=C/C(=O)[O-]. The average Bonchev–Trinajstić information content (AvgIpc) is 2.73. The molecule has 1 atom stereocenters. The fourth-order valence-corrected chi connectivity index (χ4v) is 2.43. The summed E-state index contributed by atoms with van der Waals surface area (Å²) < 4.78 is 19.5. The number of ketones is 1. The van der Waals surface area contributed by atoms with Gasteiger partial charge in [0, 0.05) is 25.1 Å². The maximum absolute atomic E-state index is 14.1. The molecular formula is C25H30FNO7-2. The predicted molar refractivity (Wildman–Crippen MR) is 122 cm³/mol. The Bertz CT molecular complexity index is 902. The summed E-state index contributed by atoms with van der Waals surface area (Å²) in [6, 6.07) is 4.10. The second-order valence-corrected chi connectivity index (χ2v) is 7.35. The first-order valence-corrected chi connectivity index (χ1v) is 10.3. The summed E-state index contributed by atoms with van der Waals surface area (Å²) in [5, 5.41) is 28.6. The van der Waals surface area contributed by atoms with Crippen molar-refractivity contribution in [1.29, 1.82) is 0 Å². The Kier molecular flexibility index (Phi) is 15.2. The minimum Gasteiger partial charge on any atom is -0.545 e. The molecule has 0 saturated heterocycles. The largest absolute Gasteiger partial charge is 0.545 e. The quantitative estimate of drug-likeness (QED) is 0.252. The molecule has 0 fully saturated rings. The van der Waals surface area contributed by atoms with Crippen molar-refractivity contribution in [2.24, 2.45) is 0 Å². The summed E-state index contributed by atoms with van der Waals surface area (Å²) in [5.74, 6) is -3.91. The Morgan fingerprint density at radius 1 is 1.15 bits per heavy atom. The van der Waals surface area contributed by atoms with E-state index in [9.17, 15) is 34.1 Å². The number of benzene rings is 1. The van der Waals surface area contributed by atoms with Crippen molar-refractivity contribution in [1.82, 2.24) is 4.90 Å². The van der Waals surface area contributed by atoms with E-state index in [0.29, 0.717) is 12.2 Å². The van der Waals surface area contributed by atoms with Gasteiger partial charge in [-0.05, 0) is 51.2 Å². The summed E-state index contributed by atoms with van der Waals surface area (Å²) in [4.78, 5) is 33.0. The molecule has 8 nitrogen and oxygen atoms in total. The second kappa shape index (κ2) is 17.0. The van der Waals surface area contributed by atoms with Crippen LogP contribution in [0.1, 0.15) is 30.6 Å². The maximum Gasteiger partial charge on any atom is 0.165 e. The third-order valence-corrected chi connectivity index (χ3v) is 3.89. The van der Waals surface area contributed by atoms with Gasteiger partial charge >= 0.3 is 0 Å². The van der Waals surface area contributed by atoms with E-state index in [2.05, 4.69) is 11.5 Å². The van der Waals surface area contributed by atoms with Gasteiger partial charge in [-0.15, -0.1) is 6.58 Å². The number of aliphatic carboxylic acids is 2. The average molecular weight is 476 g/mol. The number of hydrogen-bond acceptors (Lipinski definition) is 8. The minimum absolute atomic E-state index is 0.0776. The van der Waals surface area contributed by atoms with E-state index in [1.54, 1.807) is 6.08 Å². The van der Waals surface area contributed by atoms with Crippen molar-refractivity contribution in [3.05, 3.63) is 78.2 Å². The zero-order chi connectivity index (χ0) is 26.1. The van der Waals surface area contributed by atoms with Gasteiger partial charge in [0.25, 0.3) is 0 Å². The van der Waals surface area contributed by atoms with Gasteiger partial charge in [-0.2, -0.15) is 0 Å². The van der Waals surface area contributed by atoms with Gasteiger partial charge in [0.15, 0.2) is 17.3 Å². The van der Waals surface area contributed by atoms with Crippen molar-refractivity contribution in [3.63, 3.8) is 0 Å². The number of nitrogens with zero attached hydrogens (tertiary/aromatic N) is 1. The highest BCUT2D eigenvalue weighted by molar-refractivity contribution is 5.96. The molecule has 9 heteroatoms. The summed E-state index contributed by atoms with van der Waals surface area (Å²) in [7, 11) is 1.97. The zero-order valence-electron chi connectivity index (χ0n) is 19.5. The van der Waals surface area contributed by atoms with Crippen LogP contribution in [0.5, 0.6) is 5.75 Å². The highest BCUT2D eigenvalue weighted by Crippen LogP contribution is 2.20. The van der Waals surface area contributed by atoms with Crippen LogP contribution in [0.4, 0.5) is 4.39 Å². The molecule has 1 aromatic rings. The summed E-state index contributed by atoms with van der Waals surface area (Å²) in [5.41, 5.74) is 1.14. The molecule has 1 rings (SSSR count). The topological polar surface area (TPSA) is 130 Å². The Morgan fingerprint density at radius 2 is 1.76 bits per heavy atom. The van der Waals surface area contributed by atoms with Crippen LogP contribution in [0.15, 0.2) is 66.8 Å². The number of carbonyl (C=O) groups is 3. The number of aliphatic hydroxyl groups is 1. The molecule has 0 aliphatic carbocycles. The number of carbonyl (C=O) groups excluding carboxylic acids is 3. The smallest absolute Gasteiger partial charge is 0.165 e. The fraction of sp³-hybridized carbons (Fsp3) is 0.320. The van der Waals surface area contributed by atoms with E-state index < -0.39 is 23.9 Å². The minimum atomic E-state index is -1.55.